The second kappa shape index (κ2) is 6.79. The number of carbonyl (C=O) groups is 1. The second-order valence-electron chi connectivity index (χ2n) is 4.98. The summed E-state index contributed by atoms with van der Waals surface area (Å²) in [5, 5.41) is 2.99. The van der Waals surface area contributed by atoms with E-state index in [-0.39, 0.29) is 11.9 Å². The maximum Gasteiger partial charge on any atom is 0.224 e. The van der Waals surface area contributed by atoms with Crippen molar-refractivity contribution in [1.82, 2.24) is 5.32 Å². The molecule has 4 nitrogen and oxygen atoms in total. The van der Waals surface area contributed by atoms with E-state index in [2.05, 4.69) is 5.32 Å². The number of nitrogen functional groups attached to an aromatic ring is 1. The highest BCUT2D eigenvalue weighted by atomic mass is 16.5. The number of amides is 1. The molecule has 0 radical (unpaired) electrons. The minimum atomic E-state index is -0.0443. The van der Waals surface area contributed by atoms with Crippen LogP contribution in [-0.2, 0) is 11.2 Å². The molecular weight excluding hydrogens is 264 g/mol. The van der Waals surface area contributed by atoms with Gasteiger partial charge in [0.15, 0.2) is 0 Å². The second-order valence-corrected chi connectivity index (χ2v) is 4.98. The number of nitrogens with two attached hydrogens (primary N) is 1. The van der Waals surface area contributed by atoms with Crippen molar-refractivity contribution in [1.29, 1.82) is 0 Å². The summed E-state index contributed by atoms with van der Waals surface area (Å²) in [7, 11) is 1.63. The van der Waals surface area contributed by atoms with E-state index in [1.807, 2.05) is 43.3 Å². The van der Waals surface area contributed by atoms with Gasteiger partial charge in [-0.05, 0) is 42.3 Å². The van der Waals surface area contributed by atoms with Crippen molar-refractivity contribution in [2.45, 2.75) is 19.4 Å². The van der Waals surface area contributed by atoms with Gasteiger partial charge < -0.3 is 15.8 Å². The van der Waals surface area contributed by atoms with Crippen molar-refractivity contribution in [2.24, 2.45) is 0 Å². The number of benzene rings is 2. The Morgan fingerprint density at radius 1 is 1.14 bits per heavy atom. The number of ether oxygens (including phenoxy) is 1. The van der Waals surface area contributed by atoms with E-state index in [1.54, 1.807) is 19.2 Å². The molecule has 1 amide bonds. The number of anilines is 1. The first-order valence-electron chi connectivity index (χ1n) is 6.86. The fourth-order valence-corrected chi connectivity index (χ4v) is 2.09. The third-order valence-electron chi connectivity index (χ3n) is 3.34. The standard InChI is InChI=1S/C17H20N2O2/c1-12(14-5-9-16(21-2)10-6-14)19-17(20)11-13-3-7-15(18)8-4-13/h3-10,12H,11,18H2,1-2H3,(H,19,20)/t12-/m1/s1. The van der Waals surface area contributed by atoms with Gasteiger partial charge in [-0.3, -0.25) is 4.79 Å². The first kappa shape index (κ1) is 14.9. The van der Waals surface area contributed by atoms with Crippen LogP contribution in [0.25, 0.3) is 0 Å². The van der Waals surface area contributed by atoms with Crippen LogP contribution in [0.2, 0.25) is 0 Å². The van der Waals surface area contributed by atoms with Crippen LogP contribution in [0.15, 0.2) is 48.5 Å². The van der Waals surface area contributed by atoms with Gasteiger partial charge in [-0.2, -0.15) is 0 Å². The zero-order valence-electron chi connectivity index (χ0n) is 12.3. The molecule has 4 heteroatoms. The zero-order chi connectivity index (χ0) is 15.2. The van der Waals surface area contributed by atoms with Gasteiger partial charge in [0.05, 0.1) is 19.6 Å². The molecule has 0 saturated carbocycles. The molecule has 1 atom stereocenters. The topological polar surface area (TPSA) is 64.3 Å². The van der Waals surface area contributed by atoms with E-state index >= 15 is 0 Å². The number of nitrogens with one attached hydrogen (secondary N) is 1. The molecule has 0 aliphatic heterocycles. The quantitative estimate of drug-likeness (QED) is 0.830. The predicted octanol–water partition coefficient (Wildman–Crippen LogP) is 2.70. The molecule has 0 heterocycles. The van der Waals surface area contributed by atoms with Crippen LogP contribution in [-0.4, -0.2) is 13.0 Å². The van der Waals surface area contributed by atoms with E-state index in [9.17, 15) is 4.79 Å². The lowest BCUT2D eigenvalue weighted by atomic mass is 10.1. The highest BCUT2D eigenvalue weighted by Crippen LogP contribution is 2.17. The molecule has 0 unspecified atom stereocenters. The maximum atomic E-state index is 12.0. The van der Waals surface area contributed by atoms with E-state index in [0.29, 0.717) is 12.1 Å². The summed E-state index contributed by atoms with van der Waals surface area (Å²) in [5.74, 6) is 0.794. The summed E-state index contributed by atoms with van der Waals surface area (Å²) in [4.78, 5) is 12.0. The smallest absolute Gasteiger partial charge is 0.224 e. The number of methoxy groups -OCH3 is 1. The lowest BCUT2D eigenvalue weighted by Gasteiger charge is -2.15. The molecule has 0 aliphatic rings. The first-order chi connectivity index (χ1) is 10.1. The van der Waals surface area contributed by atoms with Crippen LogP contribution in [0.4, 0.5) is 5.69 Å². The maximum absolute atomic E-state index is 12.0. The van der Waals surface area contributed by atoms with E-state index in [0.717, 1.165) is 16.9 Å². The third-order valence-corrected chi connectivity index (χ3v) is 3.34. The summed E-state index contributed by atoms with van der Waals surface area (Å²) < 4.78 is 5.12. The number of hydrogen-bond acceptors (Lipinski definition) is 3. The van der Waals surface area contributed by atoms with E-state index in [4.69, 9.17) is 10.5 Å². The molecule has 0 saturated heterocycles. The van der Waals surface area contributed by atoms with Crippen LogP contribution >= 0.6 is 0 Å². The van der Waals surface area contributed by atoms with Gasteiger partial charge in [-0.25, -0.2) is 0 Å². The lowest BCUT2D eigenvalue weighted by molar-refractivity contribution is -0.121. The van der Waals surface area contributed by atoms with Gasteiger partial charge in [-0.1, -0.05) is 24.3 Å². The van der Waals surface area contributed by atoms with Crippen molar-refractivity contribution in [3.8, 4) is 5.75 Å². The largest absolute Gasteiger partial charge is 0.497 e. The SMILES string of the molecule is COc1ccc([C@@H](C)NC(=O)Cc2ccc(N)cc2)cc1. The Hall–Kier alpha value is -2.49. The highest BCUT2D eigenvalue weighted by molar-refractivity contribution is 5.79. The molecule has 2 aromatic rings. The predicted molar refractivity (Wildman–Crippen MR) is 84.1 cm³/mol. The number of hydrogen-bond donors (Lipinski definition) is 2. The molecule has 0 fully saturated rings. The molecule has 0 bridgehead atoms. The molecule has 3 N–H and O–H groups in total. The summed E-state index contributed by atoms with van der Waals surface area (Å²) in [6.07, 6.45) is 0.348. The number of carbonyl (C=O) groups excluding carboxylic acids is 1. The fourth-order valence-electron chi connectivity index (χ4n) is 2.09. The summed E-state index contributed by atoms with van der Waals surface area (Å²) >= 11 is 0. The molecule has 2 aromatic carbocycles. The van der Waals surface area contributed by atoms with Crippen LogP contribution in [0.5, 0.6) is 5.75 Å². The molecule has 2 rings (SSSR count). The Morgan fingerprint density at radius 2 is 1.76 bits per heavy atom. The lowest BCUT2D eigenvalue weighted by Crippen LogP contribution is -2.28. The van der Waals surface area contributed by atoms with Gasteiger partial charge in [0.2, 0.25) is 5.91 Å². The Bertz CT molecular complexity index is 591. The monoisotopic (exact) mass is 284 g/mol. The van der Waals surface area contributed by atoms with Crippen molar-refractivity contribution in [3.05, 3.63) is 59.7 Å². The summed E-state index contributed by atoms with van der Waals surface area (Å²) in [5.41, 5.74) is 8.32. The normalized spacial score (nSPS) is 11.7. The van der Waals surface area contributed by atoms with Gasteiger partial charge in [0, 0.05) is 5.69 Å². The van der Waals surface area contributed by atoms with Crippen LogP contribution < -0.4 is 15.8 Å². The molecule has 0 aliphatic carbocycles. The van der Waals surface area contributed by atoms with Gasteiger partial charge in [0.1, 0.15) is 5.75 Å². The third kappa shape index (κ3) is 4.24. The molecule has 110 valence electrons. The van der Waals surface area contributed by atoms with E-state index < -0.39 is 0 Å². The van der Waals surface area contributed by atoms with Crippen molar-refractivity contribution in [2.75, 3.05) is 12.8 Å². The van der Waals surface area contributed by atoms with Crippen LogP contribution in [0.3, 0.4) is 0 Å². The first-order valence-corrected chi connectivity index (χ1v) is 6.86. The van der Waals surface area contributed by atoms with Crippen molar-refractivity contribution < 1.29 is 9.53 Å². The Kier molecular flexibility index (Phi) is 4.82. The van der Waals surface area contributed by atoms with Gasteiger partial charge in [-0.15, -0.1) is 0 Å². The minimum Gasteiger partial charge on any atom is -0.497 e. The Labute approximate surface area is 124 Å². The minimum absolute atomic E-state index is 0.0110. The van der Waals surface area contributed by atoms with Gasteiger partial charge >= 0.3 is 0 Å². The summed E-state index contributed by atoms with van der Waals surface area (Å²) in [6.45, 7) is 1.96. The summed E-state index contributed by atoms with van der Waals surface area (Å²) in [6, 6.07) is 15.0. The highest BCUT2D eigenvalue weighted by Gasteiger charge is 2.10. The van der Waals surface area contributed by atoms with E-state index in [1.165, 1.54) is 0 Å². The number of rotatable bonds is 5. The Balaban J connectivity index is 1.93. The molecule has 0 spiro atoms. The molecular formula is C17H20N2O2. The molecule has 21 heavy (non-hydrogen) atoms. The van der Waals surface area contributed by atoms with Crippen molar-refractivity contribution >= 4 is 11.6 Å². The average Bonchev–Trinajstić information content (AvgIpc) is 2.49. The molecule has 0 aromatic heterocycles. The van der Waals surface area contributed by atoms with Crippen LogP contribution in [0, 0.1) is 0 Å². The zero-order valence-corrected chi connectivity index (χ0v) is 12.3. The van der Waals surface area contributed by atoms with Crippen molar-refractivity contribution in [3.63, 3.8) is 0 Å². The average molecular weight is 284 g/mol. The van der Waals surface area contributed by atoms with Gasteiger partial charge in [0.25, 0.3) is 0 Å². The fraction of sp³-hybridized carbons (Fsp3) is 0.235. The Morgan fingerprint density at radius 3 is 2.33 bits per heavy atom. The van der Waals surface area contributed by atoms with Crippen LogP contribution in [0.1, 0.15) is 24.1 Å².